The molecule has 0 saturated carbocycles. The van der Waals surface area contributed by atoms with Crippen LogP contribution in [-0.4, -0.2) is 25.3 Å². The van der Waals surface area contributed by atoms with E-state index in [9.17, 15) is 9.50 Å². The van der Waals surface area contributed by atoms with Crippen molar-refractivity contribution in [3.63, 3.8) is 0 Å². The first-order valence-corrected chi connectivity index (χ1v) is 5.49. The molecule has 0 amide bonds. The molecule has 20 heavy (non-hydrogen) atoms. The second-order valence-electron chi connectivity index (χ2n) is 4.02. The van der Waals surface area contributed by atoms with Crippen molar-refractivity contribution in [2.75, 3.05) is 5.73 Å². The van der Waals surface area contributed by atoms with Gasteiger partial charge in [0.05, 0.1) is 10.9 Å². The van der Waals surface area contributed by atoms with Crippen molar-refractivity contribution in [2.24, 2.45) is 0 Å². The summed E-state index contributed by atoms with van der Waals surface area (Å²) in [6.07, 6.45) is 1.28. The van der Waals surface area contributed by atoms with Crippen LogP contribution in [0.25, 0.3) is 22.3 Å². The predicted molar refractivity (Wildman–Crippen MR) is 67.9 cm³/mol. The number of hydrogen-bond acceptors (Lipinski definition) is 6. The van der Waals surface area contributed by atoms with Crippen LogP contribution < -0.4 is 5.73 Å². The highest BCUT2D eigenvalue weighted by molar-refractivity contribution is 5.98. The lowest BCUT2D eigenvalue weighted by atomic mass is 10.1. The maximum absolute atomic E-state index is 13.5. The molecule has 0 aliphatic heterocycles. The summed E-state index contributed by atoms with van der Waals surface area (Å²) in [6, 6.07) is 4.11. The predicted octanol–water partition coefficient (Wildman–Crippen LogP) is 1.32. The number of aromatic hydroxyl groups is 1. The Kier molecular flexibility index (Phi) is 2.47. The number of nitrogens with two attached hydrogens (primary N) is 1. The molecule has 4 N–H and O–H groups in total. The second-order valence-corrected chi connectivity index (χ2v) is 4.02. The minimum absolute atomic E-state index is 0.195. The highest BCUT2D eigenvalue weighted by Crippen LogP contribution is 2.32. The van der Waals surface area contributed by atoms with Gasteiger partial charge in [0, 0.05) is 5.56 Å². The van der Waals surface area contributed by atoms with Crippen molar-refractivity contribution in [3.8, 4) is 23.1 Å². The van der Waals surface area contributed by atoms with Gasteiger partial charge in [0.25, 0.3) is 0 Å². The number of halogens is 1. The normalized spacial score (nSPS) is 10.6. The molecule has 0 fully saturated rings. The SMILES string of the molecule is N#Cc1cc(-c2n[nH]c3ncnc(N)c23)cc(O)c1F. The Morgan fingerprint density at radius 2 is 2.15 bits per heavy atom. The molecule has 0 saturated heterocycles. The smallest absolute Gasteiger partial charge is 0.182 e. The zero-order chi connectivity index (χ0) is 14.3. The van der Waals surface area contributed by atoms with Gasteiger partial charge in [-0.3, -0.25) is 5.10 Å². The summed E-state index contributed by atoms with van der Waals surface area (Å²) >= 11 is 0. The number of hydrogen-bond donors (Lipinski definition) is 3. The maximum Gasteiger partial charge on any atom is 0.182 e. The number of nitrogen functional groups attached to an aromatic ring is 1. The Balaban J connectivity index is 2.32. The first kappa shape index (κ1) is 11.9. The molecule has 2 aromatic heterocycles. The Hall–Kier alpha value is -3.21. The van der Waals surface area contributed by atoms with E-state index in [0.29, 0.717) is 22.3 Å². The molecule has 7 nitrogen and oxygen atoms in total. The average molecular weight is 270 g/mol. The molecule has 0 unspecified atom stereocenters. The van der Waals surface area contributed by atoms with E-state index in [-0.39, 0.29) is 11.4 Å². The third-order valence-corrected chi connectivity index (χ3v) is 2.83. The summed E-state index contributed by atoms with van der Waals surface area (Å²) in [5, 5.41) is 25.5. The number of aromatic amines is 1. The van der Waals surface area contributed by atoms with Crippen LogP contribution in [0.1, 0.15) is 5.56 Å². The third-order valence-electron chi connectivity index (χ3n) is 2.83. The lowest BCUT2D eigenvalue weighted by Gasteiger charge is -2.03. The minimum Gasteiger partial charge on any atom is -0.505 e. The van der Waals surface area contributed by atoms with Gasteiger partial charge >= 0.3 is 0 Å². The zero-order valence-electron chi connectivity index (χ0n) is 9.92. The Bertz CT molecular complexity index is 866. The van der Waals surface area contributed by atoms with Crippen molar-refractivity contribution < 1.29 is 9.50 Å². The van der Waals surface area contributed by atoms with E-state index in [4.69, 9.17) is 11.0 Å². The van der Waals surface area contributed by atoms with Gasteiger partial charge in [-0.05, 0) is 12.1 Å². The lowest BCUT2D eigenvalue weighted by molar-refractivity contribution is 0.432. The number of rotatable bonds is 1. The largest absolute Gasteiger partial charge is 0.505 e. The van der Waals surface area contributed by atoms with Crippen molar-refractivity contribution in [1.29, 1.82) is 5.26 Å². The molecule has 3 aromatic rings. The summed E-state index contributed by atoms with van der Waals surface area (Å²) in [5.74, 6) is -1.41. The monoisotopic (exact) mass is 270 g/mol. The fraction of sp³-hybridized carbons (Fsp3) is 0. The molecule has 1 aromatic carbocycles. The van der Waals surface area contributed by atoms with Gasteiger partial charge in [-0.1, -0.05) is 0 Å². The first-order chi connectivity index (χ1) is 9.61. The van der Waals surface area contributed by atoms with Crippen LogP contribution >= 0.6 is 0 Å². The Morgan fingerprint density at radius 1 is 1.35 bits per heavy atom. The summed E-state index contributed by atoms with van der Waals surface area (Å²) in [7, 11) is 0. The summed E-state index contributed by atoms with van der Waals surface area (Å²) in [4.78, 5) is 7.81. The van der Waals surface area contributed by atoms with E-state index in [0.717, 1.165) is 6.07 Å². The molecule has 2 heterocycles. The van der Waals surface area contributed by atoms with Gasteiger partial charge < -0.3 is 10.8 Å². The standard InChI is InChI=1S/C12H7FN6O/c13-9-6(3-14)1-5(2-7(9)20)10-8-11(15)16-4-17-12(8)19-18-10/h1-2,4,20H,(H3,15,16,17,18,19). The topological polar surface area (TPSA) is 124 Å². The summed E-state index contributed by atoms with van der Waals surface area (Å²) < 4.78 is 13.5. The van der Waals surface area contributed by atoms with Crippen molar-refractivity contribution in [2.45, 2.75) is 0 Å². The first-order valence-electron chi connectivity index (χ1n) is 5.49. The van der Waals surface area contributed by atoms with Crippen LogP contribution in [0.5, 0.6) is 5.75 Å². The van der Waals surface area contributed by atoms with Gasteiger partial charge in [-0.2, -0.15) is 10.4 Å². The van der Waals surface area contributed by atoms with Gasteiger partial charge in [-0.15, -0.1) is 0 Å². The summed E-state index contributed by atoms with van der Waals surface area (Å²) in [5.41, 5.74) is 6.57. The summed E-state index contributed by atoms with van der Waals surface area (Å²) in [6.45, 7) is 0. The van der Waals surface area contributed by atoms with Gasteiger partial charge in [0.1, 0.15) is 23.9 Å². The van der Waals surface area contributed by atoms with E-state index in [1.54, 1.807) is 6.07 Å². The van der Waals surface area contributed by atoms with Crippen LogP contribution in [0.15, 0.2) is 18.5 Å². The molecule has 3 rings (SSSR count). The van der Waals surface area contributed by atoms with Crippen LogP contribution in [0.4, 0.5) is 10.2 Å². The highest BCUT2D eigenvalue weighted by Gasteiger charge is 2.17. The molecule has 0 bridgehead atoms. The molecular formula is C12H7FN6O. The van der Waals surface area contributed by atoms with E-state index in [1.165, 1.54) is 12.4 Å². The fourth-order valence-corrected chi connectivity index (χ4v) is 1.92. The van der Waals surface area contributed by atoms with E-state index >= 15 is 0 Å². The number of nitriles is 1. The second kappa shape index (κ2) is 4.17. The van der Waals surface area contributed by atoms with Crippen LogP contribution in [0, 0.1) is 17.1 Å². The minimum atomic E-state index is -0.972. The number of phenols is 1. The molecule has 0 spiro atoms. The van der Waals surface area contributed by atoms with Crippen molar-refractivity contribution in [3.05, 3.63) is 29.8 Å². The van der Waals surface area contributed by atoms with Crippen molar-refractivity contribution >= 4 is 16.9 Å². The zero-order valence-corrected chi connectivity index (χ0v) is 9.92. The Morgan fingerprint density at radius 3 is 2.90 bits per heavy atom. The van der Waals surface area contributed by atoms with Crippen LogP contribution in [0.3, 0.4) is 0 Å². The lowest BCUT2D eigenvalue weighted by Crippen LogP contribution is -1.93. The van der Waals surface area contributed by atoms with Gasteiger partial charge in [-0.25, -0.2) is 14.4 Å². The van der Waals surface area contributed by atoms with Crippen molar-refractivity contribution in [1.82, 2.24) is 20.2 Å². The van der Waals surface area contributed by atoms with Crippen LogP contribution in [0.2, 0.25) is 0 Å². The molecule has 0 aliphatic carbocycles. The number of H-pyrrole nitrogens is 1. The number of phenolic OH excluding ortho intramolecular Hbond substituents is 1. The molecule has 98 valence electrons. The van der Waals surface area contributed by atoms with E-state index in [2.05, 4.69) is 20.2 Å². The average Bonchev–Trinajstić information content (AvgIpc) is 2.87. The molecule has 0 atom stereocenters. The number of nitrogens with zero attached hydrogens (tertiary/aromatic N) is 4. The van der Waals surface area contributed by atoms with E-state index in [1.807, 2.05) is 0 Å². The van der Waals surface area contributed by atoms with E-state index < -0.39 is 11.6 Å². The number of nitrogens with one attached hydrogen (secondary N) is 1. The molecule has 0 aliphatic rings. The fourth-order valence-electron chi connectivity index (χ4n) is 1.92. The number of aromatic nitrogens is 4. The maximum atomic E-state index is 13.5. The number of benzene rings is 1. The number of fused-ring (bicyclic) bond motifs is 1. The molecular weight excluding hydrogens is 263 g/mol. The Labute approximate surface area is 111 Å². The van der Waals surface area contributed by atoms with Gasteiger partial charge in [0.15, 0.2) is 17.2 Å². The van der Waals surface area contributed by atoms with Crippen LogP contribution in [-0.2, 0) is 0 Å². The highest BCUT2D eigenvalue weighted by atomic mass is 19.1. The van der Waals surface area contributed by atoms with Gasteiger partial charge in [0.2, 0.25) is 0 Å². The quantitative estimate of drug-likeness (QED) is 0.612. The molecule has 8 heteroatoms. The number of anilines is 1. The third kappa shape index (κ3) is 1.61. The molecule has 0 radical (unpaired) electrons.